The Morgan fingerprint density at radius 3 is 2.23 bits per heavy atom. The number of nitrogens with one attached hydrogen (secondary N) is 1. The van der Waals surface area contributed by atoms with Crippen LogP contribution in [0.15, 0.2) is 48.5 Å². The van der Waals surface area contributed by atoms with Gasteiger partial charge in [-0.1, -0.05) is 42.2 Å². The van der Waals surface area contributed by atoms with Crippen LogP contribution in [-0.4, -0.2) is 53.4 Å². The summed E-state index contributed by atoms with van der Waals surface area (Å²) < 4.78 is 5.96. The highest BCUT2D eigenvalue weighted by Crippen LogP contribution is 2.27. The van der Waals surface area contributed by atoms with Gasteiger partial charge in [-0.05, 0) is 57.9 Å². The van der Waals surface area contributed by atoms with Crippen LogP contribution in [0, 0.1) is 17.3 Å². The van der Waals surface area contributed by atoms with Crippen molar-refractivity contribution in [1.29, 1.82) is 0 Å². The molecule has 2 aromatic rings. The van der Waals surface area contributed by atoms with E-state index >= 15 is 0 Å². The number of fused-ring (bicyclic) bond motifs is 2. The van der Waals surface area contributed by atoms with Crippen LogP contribution in [0.2, 0.25) is 0 Å². The van der Waals surface area contributed by atoms with E-state index in [0.29, 0.717) is 24.6 Å². The Bertz CT molecular complexity index is 1470. The lowest BCUT2D eigenvalue weighted by atomic mass is 9.94. The minimum atomic E-state index is -1.12. The number of hydroxylamine groups is 2. The monoisotopic (exact) mass is 587 g/mol. The van der Waals surface area contributed by atoms with E-state index in [2.05, 4.69) is 17.2 Å². The molecule has 226 valence electrons. The summed E-state index contributed by atoms with van der Waals surface area (Å²) in [5.74, 6) is 4.11. The average molecular weight is 588 g/mol. The summed E-state index contributed by atoms with van der Waals surface area (Å²) in [6.07, 6.45) is 0.542. The molecule has 0 atom stereocenters. The van der Waals surface area contributed by atoms with Crippen molar-refractivity contribution in [2.24, 2.45) is 5.41 Å². The molecule has 1 fully saturated rings. The molecule has 2 aliphatic heterocycles. The van der Waals surface area contributed by atoms with Crippen LogP contribution < -0.4 is 10.2 Å². The SMILES string of the molecule is CC(C)(CCNC(=O)CCC(=O)N1Cc2ccccc2C#Cc2ccccc21)OCC(C)(C)C(=O)ON1C(=O)CCC1=O. The van der Waals surface area contributed by atoms with Gasteiger partial charge in [0.1, 0.15) is 0 Å². The van der Waals surface area contributed by atoms with E-state index in [4.69, 9.17) is 9.57 Å². The summed E-state index contributed by atoms with van der Waals surface area (Å²) in [6.45, 7) is 7.51. The van der Waals surface area contributed by atoms with Crippen molar-refractivity contribution in [3.8, 4) is 11.8 Å². The van der Waals surface area contributed by atoms with Crippen LogP contribution in [-0.2, 0) is 40.1 Å². The molecular weight excluding hydrogens is 550 g/mol. The third-order valence-corrected chi connectivity index (χ3v) is 7.35. The first-order valence-electron chi connectivity index (χ1n) is 14.3. The number of carbonyl (C=O) groups excluding carboxylic acids is 5. The van der Waals surface area contributed by atoms with Crippen LogP contribution in [0.1, 0.15) is 76.5 Å². The Balaban J connectivity index is 1.24. The summed E-state index contributed by atoms with van der Waals surface area (Å²) in [5, 5.41) is 3.37. The van der Waals surface area contributed by atoms with Crippen molar-refractivity contribution < 1.29 is 33.5 Å². The summed E-state index contributed by atoms with van der Waals surface area (Å²) in [5.41, 5.74) is 1.46. The van der Waals surface area contributed by atoms with Crippen molar-refractivity contribution in [2.75, 3.05) is 18.1 Å². The molecule has 0 saturated carbocycles. The van der Waals surface area contributed by atoms with Gasteiger partial charge in [-0.2, -0.15) is 0 Å². The number of nitrogens with zero attached hydrogens (tertiary/aromatic N) is 2. The van der Waals surface area contributed by atoms with E-state index in [9.17, 15) is 24.0 Å². The van der Waals surface area contributed by atoms with Gasteiger partial charge in [-0.15, -0.1) is 5.06 Å². The fourth-order valence-corrected chi connectivity index (χ4v) is 4.53. The molecule has 0 aliphatic carbocycles. The molecule has 2 aliphatic rings. The lowest BCUT2D eigenvalue weighted by Gasteiger charge is -2.31. The molecule has 1 saturated heterocycles. The second kappa shape index (κ2) is 13.2. The molecule has 43 heavy (non-hydrogen) atoms. The number of anilines is 1. The van der Waals surface area contributed by atoms with E-state index in [1.165, 1.54) is 0 Å². The molecule has 2 heterocycles. The molecule has 2 aromatic carbocycles. The van der Waals surface area contributed by atoms with Crippen molar-refractivity contribution in [3.63, 3.8) is 0 Å². The van der Waals surface area contributed by atoms with Crippen LogP contribution in [0.3, 0.4) is 0 Å². The maximum Gasteiger partial charge on any atom is 0.341 e. The third kappa shape index (κ3) is 8.08. The standard InChI is InChI=1S/C33H37N3O7/c1-32(2,31(41)43-36-29(39)17-18-30(36)40)22-42-33(3,4)19-20-34-27(37)15-16-28(38)35-21-25-11-6-5-9-23(25)13-14-24-10-7-8-12-26(24)35/h5-12H,15-22H2,1-4H3,(H,34,37). The maximum absolute atomic E-state index is 13.4. The molecule has 0 unspecified atom stereocenters. The quantitative estimate of drug-likeness (QED) is 0.315. The van der Waals surface area contributed by atoms with Gasteiger partial charge in [0.05, 0.1) is 29.9 Å². The van der Waals surface area contributed by atoms with E-state index in [-0.39, 0.29) is 44.1 Å². The van der Waals surface area contributed by atoms with Gasteiger partial charge in [-0.3, -0.25) is 19.2 Å². The van der Waals surface area contributed by atoms with Crippen LogP contribution >= 0.6 is 0 Å². The van der Waals surface area contributed by atoms with Crippen LogP contribution in [0.4, 0.5) is 5.69 Å². The Kier molecular flexibility index (Phi) is 9.66. The fraction of sp³-hybridized carbons (Fsp3) is 0.424. The van der Waals surface area contributed by atoms with Gasteiger partial charge in [-0.25, -0.2) is 4.79 Å². The van der Waals surface area contributed by atoms with Crippen molar-refractivity contribution in [1.82, 2.24) is 10.4 Å². The summed E-state index contributed by atoms with van der Waals surface area (Å²) in [6, 6.07) is 15.2. The van der Waals surface area contributed by atoms with E-state index in [1.54, 1.807) is 18.7 Å². The van der Waals surface area contributed by atoms with Crippen LogP contribution in [0.5, 0.6) is 0 Å². The van der Waals surface area contributed by atoms with E-state index in [0.717, 1.165) is 22.4 Å². The van der Waals surface area contributed by atoms with Gasteiger partial charge < -0.3 is 19.8 Å². The summed E-state index contributed by atoms with van der Waals surface area (Å²) in [4.78, 5) is 68.8. The number of hydrogen-bond acceptors (Lipinski definition) is 7. The lowest BCUT2D eigenvalue weighted by Crippen LogP contribution is -2.42. The molecule has 10 nitrogen and oxygen atoms in total. The highest BCUT2D eigenvalue weighted by atomic mass is 16.7. The first-order chi connectivity index (χ1) is 20.4. The van der Waals surface area contributed by atoms with Crippen molar-refractivity contribution >= 4 is 35.3 Å². The first-order valence-corrected chi connectivity index (χ1v) is 14.3. The molecular formula is C33H37N3O7. The second-order valence-electron chi connectivity index (χ2n) is 11.9. The molecule has 10 heteroatoms. The molecule has 0 radical (unpaired) electrons. The van der Waals surface area contributed by atoms with Gasteiger partial charge in [0, 0.05) is 43.4 Å². The number of rotatable bonds is 11. The predicted octanol–water partition coefficient (Wildman–Crippen LogP) is 3.65. The molecule has 0 bridgehead atoms. The predicted molar refractivity (Wildman–Crippen MR) is 158 cm³/mol. The minimum absolute atomic E-state index is 0.0197. The van der Waals surface area contributed by atoms with E-state index in [1.807, 2.05) is 62.4 Å². The molecule has 1 N–H and O–H groups in total. The summed E-state index contributed by atoms with van der Waals surface area (Å²) >= 11 is 0. The zero-order valence-electron chi connectivity index (χ0n) is 25.0. The molecule has 0 spiro atoms. The molecule has 4 amide bonds. The maximum atomic E-state index is 13.4. The van der Waals surface area contributed by atoms with Gasteiger partial charge >= 0.3 is 5.97 Å². The van der Waals surface area contributed by atoms with Gasteiger partial charge in [0.2, 0.25) is 11.8 Å². The number of amides is 4. The number of ether oxygens (including phenoxy) is 1. The first kappa shape index (κ1) is 31.4. The van der Waals surface area contributed by atoms with Crippen molar-refractivity contribution in [3.05, 3.63) is 65.2 Å². The van der Waals surface area contributed by atoms with Crippen molar-refractivity contribution in [2.45, 2.75) is 71.9 Å². The van der Waals surface area contributed by atoms with Gasteiger partial charge in [0.15, 0.2) is 0 Å². The number of carbonyl (C=O) groups is 5. The fourth-order valence-electron chi connectivity index (χ4n) is 4.53. The smallest absolute Gasteiger partial charge is 0.341 e. The summed E-state index contributed by atoms with van der Waals surface area (Å²) in [7, 11) is 0. The van der Waals surface area contributed by atoms with E-state index < -0.39 is 28.8 Å². The highest BCUT2D eigenvalue weighted by Gasteiger charge is 2.39. The largest absolute Gasteiger partial charge is 0.374 e. The molecule has 0 aromatic heterocycles. The zero-order chi connectivity index (χ0) is 31.2. The third-order valence-electron chi connectivity index (χ3n) is 7.35. The van der Waals surface area contributed by atoms with Crippen LogP contribution in [0.25, 0.3) is 0 Å². The Labute approximate surface area is 251 Å². The minimum Gasteiger partial charge on any atom is -0.374 e. The Hall–Kier alpha value is -4.49. The normalized spacial score (nSPS) is 14.6. The van der Waals surface area contributed by atoms with Gasteiger partial charge in [0.25, 0.3) is 11.8 Å². The number of para-hydroxylation sites is 1. The highest BCUT2D eigenvalue weighted by molar-refractivity contribution is 6.01. The lowest BCUT2D eigenvalue weighted by molar-refractivity contribution is -0.207. The molecule has 4 rings (SSSR count). The number of imide groups is 1. The number of hydrogen-bond donors (Lipinski definition) is 1. The zero-order valence-corrected chi connectivity index (χ0v) is 25.0. The number of benzene rings is 2. The average Bonchev–Trinajstić information content (AvgIpc) is 3.28. The second-order valence-corrected chi connectivity index (χ2v) is 11.9. The Morgan fingerprint density at radius 2 is 1.51 bits per heavy atom. The Morgan fingerprint density at radius 1 is 0.884 bits per heavy atom. The topological polar surface area (TPSA) is 122 Å².